The summed E-state index contributed by atoms with van der Waals surface area (Å²) in [5.41, 5.74) is 0.537. The minimum Gasteiger partial charge on any atom is -0.504 e. The Morgan fingerprint density at radius 2 is 1.92 bits per heavy atom. The average molecular weight is 538 g/mol. The van der Waals surface area contributed by atoms with Crippen LogP contribution in [0.2, 0.25) is 0 Å². The van der Waals surface area contributed by atoms with Crippen LogP contribution in [0.15, 0.2) is 35.9 Å². The first-order valence-corrected chi connectivity index (χ1v) is 11.7. The van der Waals surface area contributed by atoms with E-state index < -0.39 is 67.7 Å². The number of phenols is 1. The largest absolute Gasteiger partial charge is 0.504 e. The predicted octanol–water partition coefficient (Wildman–Crippen LogP) is -1.26. The molecule has 0 aromatic heterocycles. The number of hydrogen-bond acceptors (Lipinski definition) is 13. The third kappa shape index (κ3) is 6.49. The van der Waals surface area contributed by atoms with E-state index in [2.05, 4.69) is 0 Å². The van der Waals surface area contributed by atoms with Gasteiger partial charge in [-0.15, -0.1) is 0 Å². The number of aliphatic hydroxyl groups excluding tert-OH is 5. The summed E-state index contributed by atoms with van der Waals surface area (Å²) in [6.45, 7) is -0.704. The first kappa shape index (κ1) is 29.5. The molecule has 0 bridgehead atoms. The molecule has 38 heavy (non-hydrogen) atoms. The molecule has 0 spiro atoms. The van der Waals surface area contributed by atoms with Gasteiger partial charge < -0.3 is 54.3 Å². The van der Waals surface area contributed by atoms with Gasteiger partial charge in [0.05, 0.1) is 32.0 Å². The van der Waals surface area contributed by atoms with Crippen molar-refractivity contribution in [2.24, 2.45) is 0 Å². The van der Waals surface area contributed by atoms with Crippen LogP contribution >= 0.6 is 0 Å². The molecule has 1 aromatic carbocycles. The Morgan fingerprint density at radius 1 is 1.18 bits per heavy atom. The number of carbonyl (C=O) groups excluding carboxylic acids is 1. The Hall–Kier alpha value is -3.06. The number of carbonyl (C=O) groups is 1. The minimum atomic E-state index is -1.74. The number of esters is 1. The van der Waals surface area contributed by atoms with Gasteiger partial charge in [-0.1, -0.05) is 6.07 Å². The summed E-state index contributed by atoms with van der Waals surface area (Å²) in [5.74, 6) is -0.873. The van der Waals surface area contributed by atoms with Gasteiger partial charge in [-0.2, -0.15) is 5.26 Å². The number of aliphatic hydroxyl groups is 5. The van der Waals surface area contributed by atoms with Gasteiger partial charge in [-0.3, -0.25) is 0 Å². The lowest BCUT2D eigenvalue weighted by molar-refractivity contribution is -0.314. The number of aromatic hydroxyl groups is 1. The van der Waals surface area contributed by atoms with E-state index in [1.54, 1.807) is 6.07 Å². The second-order valence-corrected chi connectivity index (χ2v) is 8.72. The lowest BCUT2D eigenvalue weighted by Gasteiger charge is -2.44. The van der Waals surface area contributed by atoms with Crippen LogP contribution in [0.3, 0.4) is 0 Å². The van der Waals surface area contributed by atoms with Crippen LogP contribution in [0.5, 0.6) is 11.5 Å². The second kappa shape index (κ2) is 13.1. The van der Waals surface area contributed by atoms with Crippen molar-refractivity contribution in [2.75, 3.05) is 20.8 Å². The van der Waals surface area contributed by atoms with Gasteiger partial charge >= 0.3 is 5.97 Å². The van der Waals surface area contributed by atoms with Gasteiger partial charge in [-0.05, 0) is 23.8 Å². The van der Waals surface area contributed by atoms with E-state index in [1.807, 2.05) is 0 Å². The smallest absolute Gasteiger partial charge is 0.331 e. The van der Waals surface area contributed by atoms with Gasteiger partial charge in [0.15, 0.2) is 23.9 Å². The van der Waals surface area contributed by atoms with E-state index in [4.69, 9.17) is 23.7 Å². The molecule has 1 saturated heterocycles. The molecule has 6 N–H and O–H groups in total. The van der Waals surface area contributed by atoms with E-state index in [-0.39, 0.29) is 23.5 Å². The highest BCUT2D eigenvalue weighted by molar-refractivity contribution is 5.87. The fraction of sp³-hybridized carbons (Fsp3) is 0.520. The van der Waals surface area contributed by atoms with E-state index in [1.165, 1.54) is 38.5 Å². The summed E-state index contributed by atoms with van der Waals surface area (Å²) in [6.07, 6.45) is -9.36. The van der Waals surface area contributed by atoms with Crippen molar-refractivity contribution in [3.63, 3.8) is 0 Å². The van der Waals surface area contributed by atoms with E-state index in [9.17, 15) is 40.7 Å². The van der Waals surface area contributed by atoms with Crippen LogP contribution in [0.1, 0.15) is 12.0 Å². The van der Waals surface area contributed by atoms with Gasteiger partial charge in [0.1, 0.15) is 30.5 Å². The van der Waals surface area contributed by atoms with Crippen LogP contribution in [-0.4, -0.2) is 113 Å². The minimum absolute atomic E-state index is 0.0562. The zero-order chi connectivity index (χ0) is 28.0. The molecule has 3 rings (SSSR count). The van der Waals surface area contributed by atoms with Crippen LogP contribution in [0.25, 0.3) is 6.08 Å². The summed E-state index contributed by atoms with van der Waals surface area (Å²) >= 11 is 0. The predicted molar refractivity (Wildman–Crippen MR) is 127 cm³/mol. The Morgan fingerprint density at radius 3 is 2.55 bits per heavy atom. The number of nitriles is 1. The van der Waals surface area contributed by atoms with Crippen molar-refractivity contribution in [2.45, 2.75) is 61.5 Å². The standard InChI is InChI=1S/C25H31NO12/c1-34-17-9-12(3-5-14(17)28)4-6-19(30)38-24-22(33)21(32)18(11-27)37-25(24)36-16-10-15(29)23(35-2)20(31)13(16)7-8-26/h3-7,9,15-16,18,20-25,27-29,31-33H,10-11H2,1-2H3/b6-4+,13-7+/t15-,16+,18+,20-,21+,22-,23-,24+,25+/m0/s1. The molecule has 1 saturated carbocycles. The van der Waals surface area contributed by atoms with Crippen LogP contribution in [0, 0.1) is 11.3 Å². The van der Waals surface area contributed by atoms with Gasteiger partial charge in [-0.25, -0.2) is 4.79 Å². The maximum absolute atomic E-state index is 12.6. The van der Waals surface area contributed by atoms with E-state index >= 15 is 0 Å². The molecule has 208 valence electrons. The highest BCUT2D eigenvalue weighted by atomic mass is 16.7. The van der Waals surface area contributed by atoms with Crippen molar-refractivity contribution in [1.29, 1.82) is 5.26 Å². The maximum Gasteiger partial charge on any atom is 0.331 e. The number of ether oxygens (including phenoxy) is 5. The molecule has 1 aliphatic carbocycles. The summed E-state index contributed by atoms with van der Waals surface area (Å²) < 4.78 is 26.9. The van der Waals surface area contributed by atoms with Gasteiger partial charge in [0.2, 0.25) is 0 Å². The van der Waals surface area contributed by atoms with Crippen molar-refractivity contribution in [3.8, 4) is 17.6 Å². The fourth-order valence-electron chi connectivity index (χ4n) is 4.34. The normalized spacial score (nSPS) is 34.7. The van der Waals surface area contributed by atoms with Gasteiger partial charge in [0, 0.05) is 31.3 Å². The maximum atomic E-state index is 12.6. The second-order valence-electron chi connectivity index (χ2n) is 8.72. The Labute approximate surface area is 218 Å². The average Bonchev–Trinajstić information content (AvgIpc) is 2.90. The highest BCUT2D eigenvalue weighted by Crippen LogP contribution is 2.33. The third-order valence-electron chi connectivity index (χ3n) is 6.35. The fourth-order valence-corrected chi connectivity index (χ4v) is 4.34. The SMILES string of the molecule is COc1cc(/C=C/C(=O)O[C@H]2[C@H](O[C@@H]3C[C@H](O)[C@H](OC)[C@@H](O)/C3=C/C#N)O[C@H](CO)[C@@H](O)[C@@H]2O)ccc1O. The summed E-state index contributed by atoms with van der Waals surface area (Å²) in [7, 11) is 2.65. The Bertz CT molecular complexity index is 1070. The van der Waals surface area contributed by atoms with Gasteiger partial charge in [0.25, 0.3) is 0 Å². The molecule has 2 fully saturated rings. The van der Waals surface area contributed by atoms with Crippen molar-refractivity contribution in [1.82, 2.24) is 0 Å². The molecule has 0 radical (unpaired) electrons. The molecular formula is C25H31NO12. The van der Waals surface area contributed by atoms with Crippen molar-refractivity contribution < 1.29 is 59.1 Å². The molecule has 1 heterocycles. The lowest BCUT2D eigenvalue weighted by atomic mass is 9.84. The lowest BCUT2D eigenvalue weighted by Crippen LogP contribution is -2.61. The molecule has 0 amide bonds. The molecule has 1 aliphatic heterocycles. The third-order valence-corrected chi connectivity index (χ3v) is 6.35. The first-order chi connectivity index (χ1) is 18.1. The number of phenolic OH excluding ortho intramolecular Hbond substituents is 1. The molecular weight excluding hydrogens is 506 g/mol. The molecule has 0 unspecified atom stereocenters. The van der Waals surface area contributed by atoms with E-state index in [0.29, 0.717) is 5.56 Å². The number of allylic oxidation sites excluding steroid dienone is 1. The number of methoxy groups -OCH3 is 2. The number of rotatable bonds is 8. The summed E-state index contributed by atoms with van der Waals surface area (Å²) in [4.78, 5) is 12.6. The number of benzene rings is 1. The van der Waals surface area contributed by atoms with Crippen molar-refractivity contribution >= 4 is 12.0 Å². The monoisotopic (exact) mass is 537 g/mol. The van der Waals surface area contributed by atoms with Crippen LogP contribution < -0.4 is 4.74 Å². The first-order valence-electron chi connectivity index (χ1n) is 11.7. The molecule has 13 heteroatoms. The topological polar surface area (TPSA) is 208 Å². The number of nitrogens with zero attached hydrogens (tertiary/aromatic N) is 1. The van der Waals surface area contributed by atoms with E-state index in [0.717, 1.165) is 12.2 Å². The number of hydrogen-bond donors (Lipinski definition) is 6. The quantitative estimate of drug-likeness (QED) is 0.130. The Balaban J connectivity index is 1.82. The zero-order valence-electron chi connectivity index (χ0n) is 20.7. The molecule has 1 aromatic rings. The summed E-state index contributed by atoms with van der Waals surface area (Å²) in [6, 6.07) is 6.13. The van der Waals surface area contributed by atoms with Crippen LogP contribution in [-0.2, 0) is 23.7 Å². The highest BCUT2D eigenvalue weighted by Gasteiger charge is 2.50. The van der Waals surface area contributed by atoms with Crippen molar-refractivity contribution in [3.05, 3.63) is 41.5 Å². The molecule has 9 atom stereocenters. The summed E-state index contributed by atoms with van der Waals surface area (Å²) in [5, 5.41) is 70.5. The molecule has 13 nitrogen and oxygen atoms in total. The Kier molecular flexibility index (Phi) is 10.2. The molecule has 2 aliphatic rings. The van der Waals surface area contributed by atoms with Crippen LogP contribution in [0.4, 0.5) is 0 Å². The zero-order valence-corrected chi connectivity index (χ0v) is 20.7.